The van der Waals surface area contributed by atoms with Gasteiger partial charge in [-0.2, -0.15) is 0 Å². The van der Waals surface area contributed by atoms with E-state index in [1.54, 1.807) is 0 Å². The summed E-state index contributed by atoms with van der Waals surface area (Å²) in [6.07, 6.45) is 0. The molecule has 16 heavy (non-hydrogen) atoms. The van der Waals surface area contributed by atoms with E-state index in [2.05, 4.69) is 39.0 Å². The number of ether oxygens (including phenoxy) is 1. The Balaban J connectivity index is 2.50. The maximum Gasteiger partial charge on any atom is 0.106 e. The molecule has 0 fully saturated rings. The maximum absolute atomic E-state index is 5.62. The first kappa shape index (κ1) is 11.3. The summed E-state index contributed by atoms with van der Waals surface area (Å²) in [4.78, 5) is 4.78. The number of nitrogens with zero attached hydrogens (tertiary/aromatic N) is 1. The van der Waals surface area contributed by atoms with Gasteiger partial charge in [0.25, 0.3) is 0 Å². The third-order valence-corrected chi connectivity index (χ3v) is 3.11. The fourth-order valence-electron chi connectivity index (χ4n) is 2.34. The standard InChI is InChI=1S/C14H19NO/c1-10-5-6-11(2)13(7-10)14(4)9-16-8-12(3)15-14/h5-7H,8-9H2,1-4H3. The molecule has 86 valence electrons. The van der Waals surface area contributed by atoms with Gasteiger partial charge in [-0.15, -0.1) is 0 Å². The van der Waals surface area contributed by atoms with Crippen LogP contribution in [-0.4, -0.2) is 18.9 Å². The molecule has 0 aliphatic carbocycles. The highest BCUT2D eigenvalue weighted by Gasteiger charge is 2.30. The zero-order valence-corrected chi connectivity index (χ0v) is 10.5. The van der Waals surface area contributed by atoms with Crippen molar-refractivity contribution in [2.24, 2.45) is 4.99 Å². The third-order valence-electron chi connectivity index (χ3n) is 3.11. The summed E-state index contributed by atoms with van der Waals surface area (Å²) >= 11 is 0. The second-order valence-corrected chi connectivity index (χ2v) is 4.93. The summed E-state index contributed by atoms with van der Waals surface area (Å²) in [5.41, 5.74) is 4.72. The first-order valence-corrected chi connectivity index (χ1v) is 5.72. The fourth-order valence-corrected chi connectivity index (χ4v) is 2.34. The normalized spacial score (nSPS) is 25.4. The van der Waals surface area contributed by atoms with Gasteiger partial charge in [0.15, 0.2) is 0 Å². The number of aryl methyl sites for hydroxylation is 2. The first-order valence-electron chi connectivity index (χ1n) is 5.72. The molecule has 1 aromatic carbocycles. The fraction of sp³-hybridized carbons (Fsp3) is 0.500. The molecule has 1 aliphatic heterocycles. The van der Waals surface area contributed by atoms with Gasteiger partial charge in [0.1, 0.15) is 5.54 Å². The molecule has 2 heteroatoms. The Bertz CT molecular complexity index is 436. The van der Waals surface area contributed by atoms with Crippen molar-refractivity contribution in [2.75, 3.05) is 13.2 Å². The van der Waals surface area contributed by atoms with Crippen LogP contribution in [0.25, 0.3) is 0 Å². The van der Waals surface area contributed by atoms with E-state index in [1.165, 1.54) is 16.7 Å². The van der Waals surface area contributed by atoms with Gasteiger partial charge in [-0.05, 0) is 38.8 Å². The summed E-state index contributed by atoms with van der Waals surface area (Å²) in [5.74, 6) is 0. The van der Waals surface area contributed by atoms with E-state index >= 15 is 0 Å². The van der Waals surface area contributed by atoms with E-state index in [1.807, 2.05) is 6.92 Å². The van der Waals surface area contributed by atoms with Crippen molar-refractivity contribution in [1.82, 2.24) is 0 Å². The summed E-state index contributed by atoms with van der Waals surface area (Å²) in [5, 5.41) is 0. The Morgan fingerprint density at radius 1 is 1.25 bits per heavy atom. The molecule has 1 atom stereocenters. The van der Waals surface area contributed by atoms with Crippen LogP contribution in [-0.2, 0) is 10.3 Å². The number of hydrogen-bond acceptors (Lipinski definition) is 2. The maximum atomic E-state index is 5.62. The van der Waals surface area contributed by atoms with Crippen molar-refractivity contribution < 1.29 is 4.74 Å². The lowest BCUT2D eigenvalue weighted by Gasteiger charge is -2.32. The molecule has 1 heterocycles. The van der Waals surface area contributed by atoms with E-state index in [0.717, 1.165) is 5.71 Å². The molecule has 1 aliphatic rings. The van der Waals surface area contributed by atoms with Crippen LogP contribution in [0.3, 0.4) is 0 Å². The zero-order chi connectivity index (χ0) is 11.8. The number of hydrogen-bond donors (Lipinski definition) is 0. The second kappa shape index (κ2) is 4.02. The largest absolute Gasteiger partial charge is 0.373 e. The molecular formula is C14H19NO. The molecular weight excluding hydrogens is 198 g/mol. The van der Waals surface area contributed by atoms with Gasteiger partial charge in [0.2, 0.25) is 0 Å². The number of rotatable bonds is 1. The lowest BCUT2D eigenvalue weighted by Crippen LogP contribution is -2.34. The Kier molecular flexibility index (Phi) is 2.85. The van der Waals surface area contributed by atoms with Crippen molar-refractivity contribution in [1.29, 1.82) is 0 Å². The SMILES string of the molecule is CC1=NC(C)(c2cc(C)ccc2C)COC1. The van der Waals surface area contributed by atoms with Gasteiger partial charge >= 0.3 is 0 Å². The third kappa shape index (κ3) is 2.03. The van der Waals surface area contributed by atoms with Crippen molar-refractivity contribution in [3.05, 3.63) is 34.9 Å². The van der Waals surface area contributed by atoms with Crippen molar-refractivity contribution in [2.45, 2.75) is 33.2 Å². The highest BCUT2D eigenvalue weighted by molar-refractivity contribution is 5.84. The summed E-state index contributed by atoms with van der Waals surface area (Å²) in [7, 11) is 0. The zero-order valence-electron chi connectivity index (χ0n) is 10.5. The lowest BCUT2D eigenvalue weighted by atomic mass is 9.88. The monoisotopic (exact) mass is 217 g/mol. The Labute approximate surface area is 97.4 Å². The van der Waals surface area contributed by atoms with Crippen molar-refractivity contribution in [3.8, 4) is 0 Å². The average Bonchev–Trinajstić information content (AvgIpc) is 2.21. The van der Waals surface area contributed by atoms with E-state index in [9.17, 15) is 0 Å². The van der Waals surface area contributed by atoms with E-state index < -0.39 is 0 Å². The van der Waals surface area contributed by atoms with Crippen LogP contribution in [0.5, 0.6) is 0 Å². The van der Waals surface area contributed by atoms with Crippen LogP contribution < -0.4 is 0 Å². The predicted octanol–water partition coefficient (Wildman–Crippen LogP) is 3.01. The Morgan fingerprint density at radius 2 is 2.00 bits per heavy atom. The van der Waals surface area contributed by atoms with Crippen LogP contribution in [0.4, 0.5) is 0 Å². The molecule has 0 radical (unpaired) electrons. The number of aliphatic imine (C=N–C) groups is 1. The van der Waals surface area contributed by atoms with E-state index in [0.29, 0.717) is 13.2 Å². The van der Waals surface area contributed by atoms with Gasteiger partial charge < -0.3 is 4.74 Å². The smallest absolute Gasteiger partial charge is 0.106 e. The van der Waals surface area contributed by atoms with Gasteiger partial charge in [0.05, 0.1) is 13.2 Å². The quantitative estimate of drug-likeness (QED) is 0.708. The molecule has 1 unspecified atom stereocenters. The molecule has 1 aromatic rings. The molecule has 0 bridgehead atoms. The van der Waals surface area contributed by atoms with Crippen molar-refractivity contribution >= 4 is 5.71 Å². The molecule has 2 nitrogen and oxygen atoms in total. The van der Waals surface area contributed by atoms with Crippen molar-refractivity contribution in [3.63, 3.8) is 0 Å². The summed E-state index contributed by atoms with van der Waals surface area (Å²) < 4.78 is 5.62. The molecule has 0 N–H and O–H groups in total. The van der Waals surface area contributed by atoms with Crippen LogP contribution in [0, 0.1) is 13.8 Å². The molecule has 2 rings (SSSR count). The second-order valence-electron chi connectivity index (χ2n) is 4.93. The van der Waals surface area contributed by atoms with E-state index in [-0.39, 0.29) is 5.54 Å². The Morgan fingerprint density at radius 3 is 2.69 bits per heavy atom. The highest BCUT2D eigenvalue weighted by Crippen LogP contribution is 2.31. The topological polar surface area (TPSA) is 21.6 Å². The predicted molar refractivity (Wildman–Crippen MR) is 67.2 cm³/mol. The van der Waals surface area contributed by atoms with Gasteiger partial charge in [0, 0.05) is 5.71 Å². The van der Waals surface area contributed by atoms with Gasteiger partial charge in [-0.25, -0.2) is 0 Å². The van der Waals surface area contributed by atoms with Crippen LogP contribution in [0.1, 0.15) is 30.5 Å². The van der Waals surface area contributed by atoms with Crippen LogP contribution in [0.15, 0.2) is 23.2 Å². The van der Waals surface area contributed by atoms with Gasteiger partial charge in [-0.1, -0.05) is 23.8 Å². The highest BCUT2D eigenvalue weighted by atomic mass is 16.5. The minimum atomic E-state index is -0.210. The van der Waals surface area contributed by atoms with Crippen LogP contribution in [0.2, 0.25) is 0 Å². The molecule has 0 amide bonds. The molecule has 0 spiro atoms. The average molecular weight is 217 g/mol. The minimum absolute atomic E-state index is 0.210. The minimum Gasteiger partial charge on any atom is -0.373 e. The Hall–Kier alpha value is -1.15. The summed E-state index contributed by atoms with van der Waals surface area (Å²) in [6, 6.07) is 6.53. The number of benzene rings is 1. The lowest BCUT2D eigenvalue weighted by molar-refractivity contribution is 0.106. The van der Waals surface area contributed by atoms with Crippen LogP contribution >= 0.6 is 0 Å². The molecule has 0 saturated carbocycles. The van der Waals surface area contributed by atoms with Gasteiger partial charge in [-0.3, -0.25) is 4.99 Å². The molecule has 0 aromatic heterocycles. The molecule has 0 saturated heterocycles. The van der Waals surface area contributed by atoms with E-state index in [4.69, 9.17) is 9.73 Å². The first-order chi connectivity index (χ1) is 7.51. The summed E-state index contributed by atoms with van der Waals surface area (Å²) in [6.45, 7) is 9.78.